The molecular formula is C18H22N2O2. The molecule has 0 heterocycles. The third-order valence-electron chi connectivity index (χ3n) is 3.42. The van der Waals surface area contributed by atoms with E-state index in [-0.39, 0.29) is 23.6 Å². The monoisotopic (exact) mass is 298 g/mol. The molecule has 0 unspecified atom stereocenters. The summed E-state index contributed by atoms with van der Waals surface area (Å²) in [5.41, 5.74) is 14.3. The molecule has 0 saturated heterocycles. The van der Waals surface area contributed by atoms with Crippen LogP contribution in [-0.4, -0.2) is 22.3 Å². The summed E-state index contributed by atoms with van der Waals surface area (Å²) in [5.74, 6) is 0.507. The van der Waals surface area contributed by atoms with E-state index < -0.39 is 0 Å². The minimum absolute atomic E-state index is 0.115. The summed E-state index contributed by atoms with van der Waals surface area (Å²) in [6.07, 6.45) is 5.22. The van der Waals surface area contributed by atoms with Crippen molar-refractivity contribution in [1.82, 2.24) is 0 Å². The Hall–Kier alpha value is -2.30. The number of hydrogen-bond donors (Lipinski definition) is 4. The fourth-order valence-electron chi connectivity index (χ4n) is 2.23. The number of nitrogens with two attached hydrogens (primary N) is 2. The lowest BCUT2D eigenvalue weighted by Crippen LogP contribution is -2.24. The van der Waals surface area contributed by atoms with E-state index in [0.717, 1.165) is 11.1 Å². The van der Waals surface area contributed by atoms with E-state index in [1.165, 1.54) is 0 Å². The maximum atomic E-state index is 9.25. The van der Waals surface area contributed by atoms with Gasteiger partial charge in [-0.05, 0) is 48.2 Å². The van der Waals surface area contributed by atoms with Crippen LogP contribution in [0, 0.1) is 0 Å². The van der Waals surface area contributed by atoms with Crippen molar-refractivity contribution in [2.24, 2.45) is 11.5 Å². The lowest BCUT2D eigenvalue weighted by Gasteiger charge is -2.10. The second kappa shape index (κ2) is 7.64. The van der Waals surface area contributed by atoms with E-state index in [4.69, 9.17) is 11.5 Å². The lowest BCUT2D eigenvalue weighted by molar-refractivity contribution is 0.474. The van der Waals surface area contributed by atoms with Crippen molar-refractivity contribution in [2.75, 3.05) is 0 Å². The largest absolute Gasteiger partial charge is 0.508 e. The molecule has 0 aliphatic carbocycles. The molecule has 0 radical (unpaired) electrons. The highest BCUT2D eigenvalue weighted by Gasteiger charge is 2.04. The van der Waals surface area contributed by atoms with Gasteiger partial charge in [-0.3, -0.25) is 0 Å². The molecule has 0 aliphatic rings. The van der Waals surface area contributed by atoms with Gasteiger partial charge in [-0.15, -0.1) is 0 Å². The lowest BCUT2D eigenvalue weighted by atomic mass is 10.0. The van der Waals surface area contributed by atoms with Crippen LogP contribution in [0.15, 0.2) is 60.7 Å². The predicted molar refractivity (Wildman–Crippen MR) is 88.7 cm³/mol. The number of benzene rings is 2. The number of aromatic hydroxyl groups is 2. The zero-order valence-electron chi connectivity index (χ0n) is 12.4. The summed E-state index contributed by atoms with van der Waals surface area (Å²) in [6, 6.07) is 13.8. The van der Waals surface area contributed by atoms with Crippen LogP contribution in [0.4, 0.5) is 0 Å². The molecule has 2 atom stereocenters. The Bertz CT molecular complexity index is 550. The minimum Gasteiger partial charge on any atom is -0.508 e. The van der Waals surface area contributed by atoms with E-state index in [9.17, 15) is 10.2 Å². The van der Waals surface area contributed by atoms with Crippen molar-refractivity contribution < 1.29 is 10.2 Å². The smallest absolute Gasteiger partial charge is 0.115 e. The van der Waals surface area contributed by atoms with Crippen LogP contribution in [0.1, 0.15) is 11.1 Å². The molecule has 2 aromatic carbocycles. The molecule has 116 valence electrons. The Kier molecular flexibility index (Phi) is 5.58. The van der Waals surface area contributed by atoms with Crippen LogP contribution in [0.3, 0.4) is 0 Å². The first-order valence-corrected chi connectivity index (χ1v) is 7.28. The topological polar surface area (TPSA) is 92.5 Å². The zero-order chi connectivity index (χ0) is 15.9. The third-order valence-corrected chi connectivity index (χ3v) is 3.42. The van der Waals surface area contributed by atoms with Crippen LogP contribution < -0.4 is 11.5 Å². The second-order valence-corrected chi connectivity index (χ2v) is 5.45. The normalized spacial score (nSPS) is 14.1. The fraction of sp³-hybridized carbons (Fsp3) is 0.222. The number of rotatable bonds is 6. The number of hydrogen-bond acceptors (Lipinski definition) is 4. The SMILES string of the molecule is N[C@H](/C=C/[C@@H](N)Cc1ccc(O)cc1)Cc1ccc(O)cc1. The summed E-state index contributed by atoms with van der Waals surface area (Å²) in [6.45, 7) is 0. The second-order valence-electron chi connectivity index (χ2n) is 5.45. The van der Waals surface area contributed by atoms with E-state index >= 15 is 0 Å². The average Bonchev–Trinajstić information content (AvgIpc) is 2.50. The van der Waals surface area contributed by atoms with Crippen LogP contribution in [-0.2, 0) is 12.8 Å². The van der Waals surface area contributed by atoms with Crippen LogP contribution in [0.25, 0.3) is 0 Å². The summed E-state index contributed by atoms with van der Waals surface area (Å²) >= 11 is 0. The molecule has 0 bridgehead atoms. The van der Waals surface area contributed by atoms with E-state index in [1.807, 2.05) is 36.4 Å². The van der Waals surface area contributed by atoms with Gasteiger partial charge in [-0.2, -0.15) is 0 Å². The van der Waals surface area contributed by atoms with Gasteiger partial charge in [0.15, 0.2) is 0 Å². The maximum Gasteiger partial charge on any atom is 0.115 e. The van der Waals surface area contributed by atoms with Gasteiger partial charge in [0.05, 0.1) is 0 Å². The van der Waals surface area contributed by atoms with Crippen molar-refractivity contribution >= 4 is 0 Å². The first-order chi connectivity index (χ1) is 10.5. The van der Waals surface area contributed by atoms with Crippen molar-refractivity contribution in [3.05, 3.63) is 71.8 Å². The van der Waals surface area contributed by atoms with E-state index in [0.29, 0.717) is 12.8 Å². The van der Waals surface area contributed by atoms with Crippen molar-refractivity contribution in [1.29, 1.82) is 0 Å². The summed E-state index contributed by atoms with van der Waals surface area (Å²) in [7, 11) is 0. The van der Waals surface area contributed by atoms with Gasteiger partial charge >= 0.3 is 0 Å². The third kappa shape index (κ3) is 5.24. The Labute approximate surface area is 130 Å². The molecule has 4 heteroatoms. The fourth-order valence-corrected chi connectivity index (χ4v) is 2.23. The highest BCUT2D eigenvalue weighted by Crippen LogP contribution is 2.12. The van der Waals surface area contributed by atoms with Gasteiger partial charge in [0.1, 0.15) is 11.5 Å². The molecule has 0 amide bonds. The Morgan fingerprint density at radius 1 is 0.682 bits per heavy atom. The van der Waals surface area contributed by atoms with Gasteiger partial charge in [-0.1, -0.05) is 36.4 Å². The Morgan fingerprint density at radius 2 is 1.00 bits per heavy atom. The predicted octanol–water partition coefficient (Wildman–Crippen LogP) is 2.09. The van der Waals surface area contributed by atoms with Gasteiger partial charge < -0.3 is 21.7 Å². The quantitative estimate of drug-likeness (QED) is 0.614. The van der Waals surface area contributed by atoms with Gasteiger partial charge in [0.25, 0.3) is 0 Å². The molecule has 4 nitrogen and oxygen atoms in total. The van der Waals surface area contributed by atoms with Gasteiger partial charge in [0, 0.05) is 12.1 Å². The maximum absolute atomic E-state index is 9.25. The number of phenolic OH excluding ortho intramolecular Hbond substituents is 2. The molecule has 6 N–H and O–H groups in total. The van der Waals surface area contributed by atoms with E-state index in [2.05, 4.69) is 0 Å². The van der Waals surface area contributed by atoms with Crippen molar-refractivity contribution in [3.63, 3.8) is 0 Å². The Morgan fingerprint density at radius 3 is 1.32 bits per heavy atom. The van der Waals surface area contributed by atoms with Crippen molar-refractivity contribution in [3.8, 4) is 11.5 Å². The molecule has 0 fully saturated rings. The van der Waals surface area contributed by atoms with Crippen LogP contribution >= 0.6 is 0 Å². The first-order valence-electron chi connectivity index (χ1n) is 7.28. The molecular weight excluding hydrogens is 276 g/mol. The molecule has 0 aliphatic heterocycles. The van der Waals surface area contributed by atoms with Crippen molar-refractivity contribution in [2.45, 2.75) is 24.9 Å². The molecule has 0 saturated carbocycles. The summed E-state index contributed by atoms with van der Waals surface area (Å²) in [5, 5.41) is 18.5. The molecule has 2 rings (SSSR count). The van der Waals surface area contributed by atoms with Crippen LogP contribution in [0.2, 0.25) is 0 Å². The summed E-state index contributed by atoms with van der Waals surface area (Å²) < 4.78 is 0. The summed E-state index contributed by atoms with van der Waals surface area (Å²) in [4.78, 5) is 0. The van der Waals surface area contributed by atoms with Gasteiger partial charge in [-0.25, -0.2) is 0 Å². The molecule has 0 spiro atoms. The highest BCUT2D eigenvalue weighted by atomic mass is 16.3. The van der Waals surface area contributed by atoms with Crippen LogP contribution in [0.5, 0.6) is 11.5 Å². The highest BCUT2D eigenvalue weighted by molar-refractivity contribution is 5.28. The Balaban J connectivity index is 1.84. The molecule has 2 aromatic rings. The van der Waals surface area contributed by atoms with Gasteiger partial charge in [0.2, 0.25) is 0 Å². The standard InChI is InChI=1S/C18H22N2O2/c19-15(11-13-1-7-17(21)8-2-13)5-6-16(20)12-14-3-9-18(22)10-4-14/h1-10,15-16,21-22H,11-12,19-20H2/b6-5+/t15-,16-/m1/s1. The molecule has 0 aromatic heterocycles. The minimum atomic E-state index is -0.115. The van der Waals surface area contributed by atoms with E-state index in [1.54, 1.807) is 24.3 Å². The number of phenols is 2. The zero-order valence-corrected chi connectivity index (χ0v) is 12.4. The molecule has 22 heavy (non-hydrogen) atoms. The average molecular weight is 298 g/mol. The first kappa shape index (κ1) is 16.1.